The van der Waals surface area contributed by atoms with Gasteiger partial charge < -0.3 is 10.1 Å². The zero-order valence-corrected chi connectivity index (χ0v) is 17.7. The molecule has 1 fully saturated rings. The van der Waals surface area contributed by atoms with E-state index in [0.29, 0.717) is 31.1 Å². The van der Waals surface area contributed by atoms with Crippen LogP contribution >= 0.6 is 0 Å². The van der Waals surface area contributed by atoms with Crippen LogP contribution in [-0.4, -0.2) is 38.4 Å². The molecule has 1 aliphatic carbocycles. The van der Waals surface area contributed by atoms with E-state index in [0.717, 1.165) is 37.0 Å². The number of pyridine rings is 1. The van der Waals surface area contributed by atoms with Crippen LogP contribution in [0.2, 0.25) is 0 Å². The Morgan fingerprint density at radius 1 is 1.23 bits per heavy atom. The second-order valence-electron chi connectivity index (χ2n) is 7.65. The van der Waals surface area contributed by atoms with Gasteiger partial charge in [0.05, 0.1) is 13.2 Å². The topological polar surface area (TPSA) is 91.0 Å². The zero-order valence-electron chi connectivity index (χ0n) is 17.7. The predicted molar refractivity (Wildman–Crippen MR) is 117 cm³/mol. The van der Waals surface area contributed by atoms with Crippen LogP contribution < -0.4 is 15.7 Å². The Kier molecular flexibility index (Phi) is 6.45. The number of amides is 1. The van der Waals surface area contributed by atoms with Gasteiger partial charge in [0.1, 0.15) is 5.75 Å². The number of ether oxygens (including phenoxy) is 1. The molecular formula is C23H27N5O3. The Balaban J connectivity index is 1.37. The minimum absolute atomic E-state index is 0.149. The van der Waals surface area contributed by atoms with Crippen LogP contribution in [0.1, 0.15) is 49.0 Å². The molecule has 1 N–H and O–H groups in total. The van der Waals surface area contributed by atoms with Crippen LogP contribution in [0, 0.1) is 0 Å². The number of benzene rings is 1. The Morgan fingerprint density at radius 3 is 2.71 bits per heavy atom. The highest BCUT2D eigenvalue weighted by atomic mass is 16.5. The molecular weight excluding hydrogens is 394 g/mol. The highest BCUT2D eigenvalue weighted by Gasteiger charge is 2.30. The summed E-state index contributed by atoms with van der Waals surface area (Å²) >= 11 is 0. The van der Waals surface area contributed by atoms with E-state index in [4.69, 9.17) is 4.74 Å². The van der Waals surface area contributed by atoms with Gasteiger partial charge in [-0.2, -0.15) is 0 Å². The lowest BCUT2D eigenvalue weighted by atomic mass is 10.2. The Labute approximate surface area is 180 Å². The SMILES string of the molecule is CCCCOc1ccc(C(=O)NCCn2nc(-c3cccnc3)n(C3CC3)c2=O)cc1. The third kappa shape index (κ3) is 5.02. The van der Waals surface area contributed by atoms with E-state index in [-0.39, 0.29) is 17.6 Å². The van der Waals surface area contributed by atoms with Gasteiger partial charge in [0.2, 0.25) is 0 Å². The number of aromatic nitrogens is 4. The van der Waals surface area contributed by atoms with Crippen molar-refractivity contribution in [1.82, 2.24) is 24.6 Å². The molecule has 1 saturated carbocycles. The van der Waals surface area contributed by atoms with Crippen LogP contribution in [0.15, 0.2) is 53.6 Å². The van der Waals surface area contributed by atoms with Crippen molar-refractivity contribution in [2.45, 2.75) is 45.2 Å². The van der Waals surface area contributed by atoms with E-state index < -0.39 is 0 Å². The molecule has 1 aliphatic rings. The molecule has 0 saturated heterocycles. The van der Waals surface area contributed by atoms with Gasteiger partial charge in [-0.1, -0.05) is 13.3 Å². The molecule has 0 atom stereocenters. The Hall–Kier alpha value is -3.42. The molecule has 1 aromatic carbocycles. The van der Waals surface area contributed by atoms with Crippen molar-refractivity contribution in [2.24, 2.45) is 0 Å². The number of carbonyl (C=O) groups excluding carboxylic acids is 1. The first-order valence-corrected chi connectivity index (χ1v) is 10.8. The molecule has 31 heavy (non-hydrogen) atoms. The highest BCUT2D eigenvalue weighted by molar-refractivity contribution is 5.94. The summed E-state index contributed by atoms with van der Waals surface area (Å²) in [6.07, 6.45) is 7.44. The summed E-state index contributed by atoms with van der Waals surface area (Å²) in [4.78, 5) is 29.4. The van der Waals surface area contributed by atoms with Crippen LogP contribution in [0.25, 0.3) is 11.4 Å². The third-order valence-corrected chi connectivity index (χ3v) is 5.19. The van der Waals surface area contributed by atoms with Crippen molar-refractivity contribution in [2.75, 3.05) is 13.2 Å². The fourth-order valence-electron chi connectivity index (χ4n) is 3.33. The predicted octanol–water partition coefficient (Wildman–Crippen LogP) is 3.05. The average Bonchev–Trinajstić information content (AvgIpc) is 3.58. The van der Waals surface area contributed by atoms with E-state index in [1.54, 1.807) is 41.2 Å². The zero-order chi connectivity index (χ0) is 21.6. The normalized spacial score (nSPS) is 13.2. The van der Waals surface area contributed by atoms with Crippen LogP contribution in [0.5, 0.6) is 5.75 Å². The summed E-state index contributed by atoms with van der Waals surface area (Å²) in [5.74, 6) is 1.19. The second-order valence-corrected chi connectivity index (χ2v) is 7.65. The summed E-state index contributed by atoms with van der Waals surface area (Å²) < 4.78 is 8.79. The highest BCUT2D eigenvalue weighted by Crippen LogP contribution is 2.36. The molecule has 0 bridgehead atoms. The lowest BCUT2D eigenvalue weighted by molar-refractivity contribution is 0.0951. The first-order chi connectivity index (χ1) is 15.2. The number of rotatable bonds is 10. The van der Waals surface area contributed by atoms with Crippen molar-refractivity contribution in [3.63, 3.8) is 0 Å². The standard InChI is InChI=1S/C23H27N5O3/c1-2-3-15-31-20-10-6-17(7-11-20)22(29)25-13-14-27-23(30)28(19-8-9-19)21(26-27)18-5-4-12-24-16-18/h4-7,10-12,16,19H,2-3,8-9,13-15H2,1H3,(H,25,29). The fraction of sp³-hybridized carbons (Fsp3) is 0.391. The smallest absolute Gasteiger partial charge is 0.346 e. The van der Waals surface area contributed by atoms with Crippen LogP contribution in [0.3, 0.4) is 0 Å². The minimum Gasteiger partial charge on any atom is -0.494 e. The van der Waals surface area contributed by atoms with Crippen molar-refractivity contribution in [3.05, 3.63) is 64.8 Å². The Morgan fingerprint density at radius 2 is 2.03 bits per heavy atom. The van der Waals surface area contributed by atoms with Gasteiger partial charge in [-0.05, 0) is 55.7 Å². The molecule has 0 radical (unpaired) electrons. The molecule has 2 aromatic heterocycles. The first kappa shape index (κ1) is 20.8. The number of nitrogens with zero attached hydrogens (tertiary/aromatic N) is 4. The van der Waals surface area contributed by atoms with Crippen molar-refractivity contribution in [1.29, 1.82) is 0 Å². The van der Waals surface area contributed by atoms with E-state index in [2.05, 4.69) is 22.3 Å². The summed E-state index contributed by atoms with van der Waals surface area (Å²) in [6.45, 7) is 3.39. The van der Waals surface area contributed by atoms with Crippen molar-refractivity contribution in [3.8, 4) is 17.1 Å². The van der Waals surface area contributed by atoms with E-state index >= 15 is 0 Å². The number of nitrogens with one attached hydrogen (secondary N) is 1. The minimum atomic E-state index is -0.192. The second kappa shape index (κ2) is 9.59. The molecule has 8 heteroatoms. The van der Waals surface area contributed by atoms with Gasteiger partial charge in [0, 0.05) is 36.1 Å². The average molecular weight is 422 g/mol. The summed E-state index contributed by atoms with van der Waals surface area (Å²) in [5, 5.41) is 7.38. The molecule has 2 heterocycles. The molecule has 0 unspecified atom stereocenters. The van der Waals surface area contributed by atoms with Gasteiger partial charge in [-0.3, -0.25) is 14.3 Å². The van der Waals surface area contributed by atoms with Gasteiger partial charge >= 0.3 is 5.69 Å². The summed E-state index contributed by atoms with van der Waals surface area (Å²) in [7, 11) is 0. The lowest BCUT2D eigenvalue weighted by Gasteiger charge is -2.07. The van der Waals surface area contributed by atoms with Gasteiger partial charge in [-0.15, -0.1) is 5.10 Å². The van der Waals surface area contributed by atoms with Crippen molar-refractivity contribution < 1.29 is 9.53 Å². The third-order valence-electron chi connectivity index (χ3n) is 5.19. The monoisotopic (exact) mass is 421 g/mol. The summed E-state index contributed by atoms with van der Waals surface area (Å²) in [6, 6.07) is 11.0. The molecule has 4 rings (SSSR count). The lowest BCUT2D eigenvalue weighted by Crippen LogP contribution is -2.32. The van der Waals surface area contributed by atoms with E-state index in [1.807, 2.05) is 12.1 Å². The van der Waals surface area contributed by atoms with Crippen molar-refractivity contribution >= 4 is 5.91 Å². The number of hydrogen-bond donors (Lipinski definition) is 1. The van der Waals surface area contributed by atoms with Gasteiger partial charge in [0.15, 0.2) is 5.82 Å². The largest absolute Gasteiger partial charge is 0.494 e. The maximum atomic E-state index is 12.9. The molecule has 1 amide bonds. The number of carbonyl (C=O) groups is 1. The van der Waals surface area contributed by atoms with E-state index in [9.17, 15) is 9.59 Å². The Bertz CT molecular complexity index is 1070. The maximum Gasteiger partial charge on any atom is 0.346 e. The van der Waals surface area contributed by atoms with Crippen LogP contribution in [-0.2, 0) is 6.54 Å². The number of unbranched alkanes of at least 4 members (excludes halogenated alkanes) is 1. The van der Waals surface area contributed by atoms with Crippen LogP contribution in [0.4, 0.5) is 0 Å². The molecule has 0 spiro atoms. The summed E-state index contributed by atoms with van der Waals surface area (Å²) in [5.41, 5.74) is 1.22. The molecule has 162 valence electrons. The molecule has 3 aromatic rings. The quantitative estimate of drug-likeness (QED) is 0.508. The first-order valence-electron chi connectivity index (χ1n) is 10.8. The molecule has 0 aliphatic heterocycles. The van der Waals surface area contributed by atoms with Gasteiger partial charge in [0.25, 0.3) is 5.91 Å². The van der Waals surface area contributed by atoms with Gasteiger partial charge in [-0.25, -0.2) is 9.48 Å². The number of hydrogen-bond acceptors (Lipinski definition) is 5. The maximum absolute atomic E-state index is 12.9. The molecule has 8 nitrogen and oxygen atoms in total. The fourth-order valence-corrected chi connectivity index (χ4v) is 3.33. The van der Waals surface area contributed by atoms with E-state index in [1.165, 1.54) is 4.68 Å².